The first-order valence-electron chi connectivity index (χ1n) is 11.3. The van der Waals surface area contributed by atoms with Crippen molar-refractivity contribution in [3.05, 3.63) is 35.7 Å². The average Bonchev–Trinajstić information content (AvgIpc) is 3.23. The lowest BCUT2D eigenvalue weighted by Crippen LogP contribution is -2.38. The summed E-state index contributed by atoms with van der Waals surface area (Å²) in [7, 11) is 1.26. The fourth-order valence-electron chi connectivity index (χ4n) is 4.54. The maximum absolute atomic E-state index is 13.9. The molecule has 2 aromatic heterocycles. The second-order valence-electron chi connectivity index (χ2n) is 8.64. The number of carbonyl (C=O) groups is 1. The number of amides is 1. The van der Waals surface area contributed by atoms with Crippen molar-refractivity contribution in [2.45, 2.75) is 31.0 Å². The maximum Gasteiger partial charge on any atom is 0.419 e. The van der Waals surface area contributed by atoms with E-state index in [1.54, 1.807) is 12.1 Å². The van der Waals surface area contributed by atoms with Gasteiger partial charge in [0.1, 0.15) is 5.56 Å². The molecule has 0 radical (unpaired) electrons. The van der Waals surface area contributed by atoms with E-state index in [0.717, 1.165) is 31.1 Å². The molecule has 0 bridgehead atoms. The summed E-state index contributed by atoms with van der Waals surface area (Å²) in [6, 6.07) is 3.36. The highest BCUT2D eigenvalue weighted by molar-refractivity contribution is 6.01. The molecule has 0 aliphatic carbocycles. The van der Waals surface area contributed by atoms with Gasteiger partial charge in [0, 0.05) is 53.1 Å². The van der Waals surface area contributed by atoms with Gasteiger partial charge in [-0.15, -0.1) is 0 Å². The van der Waals surface area contributed by atoms with Crippen LogP contribution in [0.2, 0.25) is 0 Å². The fourth-order valence-corrected chi connectivity index (χ4v) is 4.54. The van der Waals surface area contributed by atoms with Crippen molar-refractivity contribution in [3.8, 4) is 11.3 Å². The first kappa shape index (κ1) is 23.4. The Bertz CT molecular complexity index is 1240. The van der Waals surface area contributed by atoms with Crippen LogP contribution in [-0.2, 0) is 15.7 Å². The minimum Gasteiger partial charge on any atom is -0.453 e. The smallest absolute Gasteiger partial charge is 0.419 e. The number of piperidine rings is 1. The van der Waals surface area contributed by atoms with Crippen molar-refractivity contribution < 1.29 is 27.4 Å². The number of aromatic nitrogens is 3. The largest absolute Gasteiger partial charge is 0.453 e. The molecule has 9 nitrogen and oxygen atoms in total. The summed E-state index contributed by atoms with van der Waals surface area (Å²) in [4.78, 5) is 23.2. The van der Waals surface area contributed by atoms with E-state index in [4.69, 9.17) is 9.47 Å². The minimum atomic E-state index is -4.64. The van der Waals surface area contributed by atoms with Gasteiger partial charge in [-0.05, 0) is 25.5 Å². The van der Waals surface area contributed by atoms with Crippen LogP contribution in [0.4, 0.5) is 29.6 Å². The number of alkyl halides is 3. The van der Waals surface area contributed by atoms with E-state index in [2.05, 4.69) is 30.9 Å². The summed E-state index contributed by atoms with van der Waals surface area (Å²) in [6.07, 6.45) is -1.10. The molecule has 35 heavy (non-hydrogen) atoms. The number of methoxy groups -OCH3 is 1. The van der Waals surface area contributed by atoms with E-state index < -0.39 is 17.8 Å². The van der Waals surface area contributed by atoms with Gasteiger partial charge in [0.25, 0.3) is 0 Å². The highest BCUT2D eigenvalue weighted by Crippen LogP contribution is 2.42. The molecule has 1 aromatic carbocycles. The highest BCUT2D eigenvalue weighted by Gasteiger charge is 2.37. The molecule has 0 saturated carbocycles. The second kappa shape index (κ2) is 9.34. The van der Waals surface area contributed by atoms with Crippen LogP contribution in [0.25, 0.3) is 22.2 Å². The average molecular weight is 490 g/mol. The Morgan fingerprint density at radius 2 is 2.11 bits per heavy atom. The van der Waals surface area contributed by atoms with Crippen LogP contribution >= 0.6 is 0 Å². The number of benzene rings is 1. The van der Waals surface area contributed by atoms with Crippen LogP contribution in [0.3, 0.4) is 0 Å². The Morgan fingerprint density at radius 1 is 1.29 bits per heavy atom. The van der Waals surface area contributed by atoms with E-state index in [1.165, 1.54) is 13.3 Å². The van der Waals surface area contributed by atoms with E-state index in [-0.39, 0.29) is 23.6 Å². The Hall–Kier alpha value is -3.38. The summed E-state index contributed by atoms with van der Waals surface area (Å²) in [5, 5.41) is 9.65. The van der Waals surface area contributed by atoms with E-state index in [9.17, 15) is 18.0 Å². The number of hydrogen-bond donors (Lipinski definition) is 4. The van der Waals surface area contributed by atoms with Gasteiger partial charge in [-0.25, -0.2) is 14.8 Å². The zero-order valence-corrected chi connectivity index (χ0v) is 19.0. The molecule has 0 unspecified atom stereocenters. The topological polar surface area (TPSA) is 113 Å². The van der Waals surface area contributed by atoms with Gasteiger partial charge in [0.15, 0.2) is 0 Å². The third-order valence-electron chi connectivity index (χ3n) is 6.34. The number of hydrogen-bond acceptors (Lipinski definition) is 7. The van der Waals surface area contributed by atoms with Crippen molar-refractivity contribution >= 4 is 28.6 Å². The Kier molecular flexibility index (Phi) is 6.24. The Labute approximate surface area is 198 Å². The molecule has 5 rings (SSSR count). The molecule has 1 atom stereocenters. The van der Waals surface area contributed by atoms with Gasteiger partial charge in [0.05, 0.1) is 31.5 Å². The lowest BCUT2D eigenvalue weighted by Gasteiger charge is -2.28. The minimum absolute atomic E-state index is 0.0270. The van der Waals surface area contributed by atoms with Gasteiger partial charge in [0.2, 0.25) is 5.95 Å². The standard InChI is InChI=1S/C23H25F3N6O3/c1-34-22(33)31-17-5-4-14-15(8-28-20(14)18(17)12-10-35-11-12)19-16(23(24,25)26)9-29-21(32-19)30-13-3-2-6-27-7-13/h4-5,8-9,12-13,27-28H,2-3,6-7,10-11H2,1H3,(H,31,33)(H,29,30,32)/t13-/m0/s1. The van der Waals surface area contributed by atoms with Crippen LogP contribution in [0, 0.1) is 0 Å². The van der Waals surface area contributed by atoms with Crippen molar-refractivity contribution in [1.29, 1.82) is 0 Å². The molecule has 12 heteroatoms. The van der Waals surface area contributed by atoms with Gasteiger partial charge in [-0.2, -0.15) is 13.2 Å². The Morgan fingerprint density at radius 3 is 2.77 bits per heavy atom. The summed E-state index contributed by atoms with van der Waals surface area (Å²) in [5.41, 5.74) is 1.03. The summed E-state index contributed by atoms with van der Waals surface area (Å²) in [5.74, 6) is 0.119. The number of nitrogens with zero attached hydrogens (tertiary/aromatic N) is 2. The normalized spacial score (nSPS) is 18.8. The molecule has 2 fully saturated rings. The number of aromatic amines is 1. The van der Waals surface area contributed by atoms with Crippen LogP contribution in [0.5, 0.6) is 0 Å². The van der Waals surface area contributed by atoms with Crippen molar-refractivity contribution in [1.82, 2.24) is 20.3 Å². The molecule has 3 aromatic rings. The van der Waals surface area contributed by atoms with Crippen molar-refractivity contribution in [2.75, 3.05) is 44.0 Å². The zero-order valence-electron chi connectivity index (χ0n) is 19.0. The number of nitrogens with one attached hydrogen (secondary N) is 4. The fraction of sp³-hybridized carbons (Fsp3) is 0.435. The van der Waals surface area contributed by atoms with Crippen LogP contribution in [0.15, 0.2) is 24.5 Å². The van der Waals surface area contributed by atoms with E-state index in [0.29, 0.717) is 41.9 Å². The SMILES string of the molecule is COC(=O)Nc1ccc2c(-c3nc(N[C@H]4CCCNC4)ncc3C(F)(F)F)c[nH]c2c1C1COC1. The highest BCUT2D eigenvalue weighted by atomic mass is 19.4. The van der Waals surface area contributed by atoms with E-state index >= 15 is 0 Å². The number of halogens is 3. The summed E-state index contributed by atoms with van der Waals surface area (Å²) in [6.45, 7) is 2.48. The Balaban J connectivity index is 1.60. The van der Waals surface area contributed by atoms with Crippen LogP contribution < -0.4 is 16.0 Å². The quantitative estimate of drug-likeness (QED) is 0.426. The summed E-state index contributed by atoms with van der Waals surface area (Å²) >= 11 is 0. The maximum atomic E-state index is 13.9. The molecule has 2 aliphatic heterocycles. The van der Waals surface area contributed by atoms with Gasteiger partial charge in [-0.3, -0.25) is 5.32 Å². The predicted octanol–water partition coefficient (Wildman–Crippen LogP) is 4.10. The molecular formula is C23H25F3N6O3. The lowest BCUT2D eigenvalue weighted by molar-refractivity contribution is -0.137. The van der Waals surface area contributed by atoms with Gasteiger partial charge >= 0.3 is 12.3 Å². The van der Waals surface area contributed by atoms with E-state index in [1.807, 2.05) is 0 Å². The summed E-state index contributed by atoms with van der Waals surface area (Å²) < 4.78 is 51.9. The van der Waals surface area contributed by atoms with Crippen molar-refractivity contribution in [2.24, 2.45) is 0 Å². The molecular weight excluding hydrogens is 465 g/mol. The molecule has 186 valence electrons. The predicted molar refractivity (Wildman–Crippen MR) is 123 cm³/mol. The number of rotatable bonds is 5. The van der Waals surface area contributed by atoms with Gasteiger partial charge in [-0.1, -0.05) is 6.07 Å². The lowest BCUT2D eigenvalue weighted by atomic mass is 9.92. The third kappa shape index (κ3) is 4.63. The number of fused-ring (bicyclic) bond motifs is 1. The molecule has 1 amide bonds. The van der Waals surface area contributed by atoms with Crippen molar-refractivity contribution in [3.63, 3.8) is 0 Å². The molecule has 2 saturated heterocycles. The molecule has 0 spiro atoms. The monoisotopic (exact) mass is 490 g/mol. The molecule has 4 heterocycles. The number of H-pyrrole nitrogens is 1. The van der Waals surface area contributed by atoms with Gasteiger partial charge < -0.3 is 25.1 Å². The number of anilines is 2. The molecule has 4 N–H and O–H groups in total. The number of ether oxygens (including phenoxy) is 2. The first-order valence-corrected chi connectivity index (χ1v) is 11.3. The number of carbonyl (C=O) groups excluding carboxylic acids is 1. The third-order valence-corrected chi connectivity index (χ3v) is 6.34. The molecule has 2 aliphatic rings. The zero-order chi connectivity index (χ0) is 24.6. The second-order valence-corrected chi connectivity index (χ2v) is 8.64. The van der Waals surface area contributed by atoms with Crippen LogP contribution in [0.1, 0.15) is 29.9 Å². The first-order chi connectivity index (χ1) is 16.8. The van der Waals surface area contributed by atoms with Crippen LogP contribution in [-0.4, -0.2) is 60.5 Å².